The second-order valence-corrected chi connectivity index (χ2v) is 12.3. The number of carbonyl (C=O) groups excluding carboxylic acids is 2. The van der Waals surface area contributed by atoms with Crippen molar-refractivity contribution in [1.29, 1.82) is 0 Å². The second-order valence-electron chi connectivity index (χ2n) is 12.3. The molecule has 4 heterocycles. The number of nitrogens with zero attached hydrogens (tertiary/aromatic N) is 5. The quantitative estimate of drug-likeness (QED) is 0.276. The van der Waals surface area contributed by atoms with E-state index in [0.717, 1.165) is 36.0 Å². The van der Waals surface area contributed by atoms with Gasteiger partial charge in [0.15, 0.2) is 17.2 Å². The number of amides is 3. The highest BCUT2D eigenvalue weighted by atomic mass is 19.1. The molecule has 3 aromatic heterocycles. The molecule has 1 aromatic carbocycles. The van der Waals surface area contributed by atoms with Crippen molar-refractivity contribution in [2.45, 2.75) is 71.0 Å². The Bertz CT molecular complexity index is 1620. The maximum absolute atomic E-state index is 15.4. The van der Waals surface area contributed by atoms with E-state index in [1.54, 1.807) is 32.4 Å². The van der Waals surface area contributed by atoms with Crippen molar-refractivity contribution in [2.75, 3.05) is 25.5 Å². The van der Waals surface area contributed by atoms with E-state index in [4.69, 9.17) is 4.52 Å². The van der Waals surface area contributed by atoms with Gasteiger partial charge in [-0.05, 0) is 42.5 Å². The number of piperidine rings is 1. The van der Waals surface area contributed by atoms with Crippen LogP contribution in [0.4, 0.5) is 15.0 Å². The van der Waals surface area contributed by atoms with Crippen molar-refractivity contribution in [3.63, 3.8) is 0 Å². The largest absolute Gasteiger partial charge is 0.360 e. The third-order valence-corrected chi connectivity index (χ3v) is 7.91. The van der Waals surface area contributed by atoms with E-state index in [2.05, 4.69) is 42.8 Å². The lowest BCUT2D eigenvalue weighted by atomic mass is 9.93. The van der Waals surface area contributed by atoms with Crippen LogP contribution in [-0.2, 0) is 12.0 Å². The van der Waals surface area contributed by atoms with E-state index in [1.165, 1.54) is 11.0 Å². The van der Waals surface area contributed by atoms with E-state index in [9.17, 15) is 9.59 Å². The summed E-state index contributed by atoms with van der Waals surface area (Å²) in [5, 5.41) is 18.2. The lowest BCUT2D eigenvalue weighted by Crippen LogP contribution is -2.53. The van der Waals surface area contributed by atoms with Gasteiger partial charge in [0.25, 0.3) is 5.91 Å². The zero-order valence-corrected chi connectivity index (χ0v) is 25.5. The minimum absolute atomic E-state index is 0.00259. The van der Waals surface area contributed by atoms with Gasteiger partial charge in [-0.25, -0.2) is 14.2 Å². The summed E-state index contributed by atoms with van der Waals surface area (Å²) in [5.41, 5.74) is 2.26. The first-order chi connectivity index (χ1) is 20.5. The Balaban J connectivity index is 1.38. The van der Waals surface area contributed by atoms with Crippen molar-refractivity contribution in [2.24, 2.45) is 0 Å². The van der Waals surface area contributed by atoms with Crippen molar-refractivity contribution >= 4 is 28.8 Å². The van der Waals surface area contributed by atoms with Gasteiger partial charge in [-0.2, -0.15) is 5.10 Å². The molecular weight excluding hydrogens is 551 g/mol. The van der Waals surface area contributed by atoms with Gasteiger partial charge >= 0.3 is 6.03 Å². The average molecular weight is 591 g/mol. The minimum atomic E-state index is -0.445. The Labute approximate surface area is 250 Å². The summed E-state index contributed by atoms with van der Waals surface area (Å²) in [4.78, 5) is 33.2. The van der Waals surface area contributed by atoms with Crippen LogP contribution in [0, 0.1) is 5.82 Å². The van der Waals surface area contributed by atoms with Crippen LogP contribution in [0.3, 0.4) is 0 Å². The van der Waals surface area contributed by atoms with Gasteiger partial charge in [-0.3, -0.25) is 9.89 Å². The van der Waals surface area contributed by atoms with Gasteiger partial charge in [-0.1, -0.05) is 45.0 Å². The summed E-state index contributed by atoms with van der Waals surface area (Å²) >= 11 is 0. The van der Waals surface area contributed by atoms with Crippen LogP contribution in [0.2, 0.25) is 0 Å². The fourth-order valence-electron chi connectivity index (χ4n) is 5.38. The second kappa shape index (κ2) is 12.0. The molecule has 5 rings (SSSR count). The van der Waals surface area contributed by atoms with Gasteiger partial charge in [-0.15, -0.1) is 0 Å². The average Bonchev–Trinajstić information content (AvgIpc) is 3.64. The van der Waals surface area contributed by atoms with Crippen LogP contribution in [0.1, 0.15) is 68.8 Å². The molecule has 12 heteroatoms. The Kier molecular flexibility index (Phi) is 8.38. The minimum Gasteiger partial charge on any atom is -0.360 e. The Morgan fingerprint density at radius 1 is 1.19 bits per heavy atom. The molecule has 11 nitrogen and oxygen atoms in total. The standard InChI is InChI=1S/C31H39FN8O3/c1-7-21-11-10-20(35-30(42)39(5)6)17-40(21)28-26-22(12-13-33-27(26)36-37-28)18-8-9-19(23(32)14-18)16-34-29(41)24-15-25(43-38-24)31(2,3)4/h8-9,12-15,20-21H,7,10-11,16-17H2,1-6H3,(H,34,41)(H,35,42)(H,33,36,37)/t20-,21+/m1/s1. The number of aromatic amines is 1. The lowest BCUT2D eigenvalue weighted by molar-refractivity contribution is 0.0941. The van der Waals surface area contributed by atoms with E-state index < -0.39 is 11.7 Å². The fourth-order valence-corrected chi connectivity index (χ4v) is 5.38. The molecule has 4 aromatic rings. The van der Waals surface area contributed by atoms with Crippen molar-refractivity contribution in [1.82, 2.24) is 35.9 Å². The Morgan fingerprint density at radius 2 is 1.98 bits per heavy atom. The third kappa shape index (κ3) is 6.32. The number of urea groups is 1. The zero-order chi connectivity index (χ0) is 30.9. The third-order valence-electron chi connectivity index (χ3n) is 7.91. The van der Waals surface area contributed by atoms with Crippen molar-refractivity contribution < 1.29 is 18.5 Å². The van der Waals surface area contributed by atoms with Crippen molar-refractivity contribution in [3.8, 4) is 11.1 Å². The zero-order valence-electron chi connectivity index (χ0n) is 25.5. The number of halogens is 1. The highest BCUT2D eigenvalue weighted by Crippen LogP contribution is 2.37. The number of aromatic nitrogens is 4. The van der Waals surface area contributed by atoms with Crippen LogP contribution in [-0.4, -0.2) is 69.9 Å². The van der Waals surface area contributed by atoms with E-state index >= 15 is 4.39 Å². The first-order valence-corrected chi connectivity index (χ1v) is 14.6. The number of hydrogen-bond acceptors (Lipinski definition) is 7. The van der Waals surface area contributed by atoms with Gasteiger partial charge < -0.3 is 25.0 Å². The summed E-state index contributed by atoms with van der Waals surface area (Å²) in [7, 11) is 3.45. The first-order valence-electron chi connectivity index (χ1n) is 14.6. The molecule has 228 valence electrons. The van der Waals surface area contributed by atoms with Gasteiger partial charge in [0.2, 0.25) is 0 Å². The molecule has 0 unspecified atom stereocenters. The highest BCUT2D eigenvalue weighted by molar-refractivity contribution is 6.01. The number of anilines is 1. The summed E-state index contributed by atoms with van der Waals surface area (Å²) < 4.78 is 20.7. The molecule has 3 amide bonds. The molecule has 1 aliphatic heterocycles. The van der Waals surface area contributed by atoms with Gasteiger partial charge in [0, 0.05) is 62.5 Å². The molecule has 43 heavy (non-hydrogen) atoms. The molecule has 0 radical (unpaired) electrons. The van der Waals surface area contributed by atoms with E-state index in [-0.39, 0.29) is 35.8 Å². The molecular formula is C31H39FN8O3. The summed E-state index contributed by atoms with van der Waals surface area (Å²) in [5.74, 6) is 0.444. The molecule has 1 saturated heterocycles. The fraction of sp³-hybridized carbons (Fsp3) is 0.452. The molecule has 2 atom stereocenters. The first kappa shape index (κ1) is 30.0. The Hall–Kier alpha value is -4.48. The summed E-state index contributed by atoms with van der Waals surface area (Å²) in [6.45, 7) is 8.63. The Morgan fingerprint density at radius 3 is 2.65 bits per heavy atom. The number of H-pyrrole nitrogens is 1. The molecule has 1 aliphatic rings. The summed E-state index contributed by atoms with van der Waals surface area (Å²) in [6, 6.07) is 8.50. The number of hydrogen-bond donors (Lipinski definition) is 3. The number of carbonyl (C=O) groups is 2. The van der Waals surface area contributed by atoms with Crippen molar-refractivity contribution in [3.05, 3.63) is 59.4 Å². The summed E-state index contributed by atoms with van der Waals surface area (Å²) in [6.07, 6.45) is 4.36. The molecule has 0 aliphatic carbocycles. The van der Waals surface area contributed by atoms with Gasteiger partial charge in [0.05, 0.1) is 5.39 Å². The van der Waals surface area contributed by atoms with E-state index in [0.29, 0.717) is 29.1 Å². The van der Waals surface area contributed by atoms with Gasteiger partial charge in [0.1, 0.15) is 11.6 Å². The van der Waals surface area contributed by atoms with Crippen LogP contribution in [0.25, 0.3) is 22.2 Å². The number of rotatable bonds is 7. The topological polar surface area (TPSA) is 132 Å². The number of fused-ring (bicyclic) bond motifs is 1. The normalized spacial score (nSPS) is 17.2. The molecule has 0 saturated carbocycles. The van der Waals surface area contributed by atoms with Crippen LogP contribution < -0.4 is 15.5 Å². The molecule has 3 N–H and O–H groups in total. The maximum Gasteiger partial charge on any atom is 0.317 e. The molecule has 1 fully saturated rings. The predicted molar refractivity (Wildman–Crippen MR) is 162 cm³/mol. The highest BCUT2D eigenvalue weighted by Gasteiger charge is 2.32. The smallest absolute Gasteiger partial charge is 0.317 e. The van der Waals surface area contributed by atoms with Crippen LogP contribution in [0.15, 0.2) is 41.1 Å². The van der Waals surface area contributed by atoms with Crippen LogP contribution >= 0.6 is 0 Å². The molecule has 0 bridgehead atoms. The lowest BCUT2D eigenvalue weighted by Gasteiger charge is -2.40. The monoisotopic (exact) mass is 590 g/mol. The SMILES string of the molecule is CC[C@H]1CC[C@@H](NC(=O)N(C)C)CN1c1n[nH]c2nccc(-c3ccc(CNC(=O)c4cc(C(C)(C)C)on4)c(F)c3)c12. The number of pyridine rings is 1. The maximum atomic E-state index is 15.4. The predicted octanol–water partition coefficient (Wildman–Crippen LogP) is 5.00. The molecule has 0 spiro atoms. The number of nitrogens with one attached hydrogen (secondary N) is 3. The number of benzene rings is 1. The van der Waals surface area contributed by atoms with E-state index in [1.807, 2.05) is 32.9 Å². The van der Waals surface area contributed by atoms with Crippen LogP contribution in [0.5, 0.6) is 0 Å².